The molecule has 3 atom stereocenters. The van der Waals surface area contributed by atoms with Gasteiger partial charge in [0.2, 0.25) is 0 Å². The Balaban J connectivity index is 4.85. The fourth-order valence-electron chi connectivity index (χ4n) is 4.38. The molecular formula is C28H54O4. The number of rotatable bonds is 20. The Morgan fingerprint density at radius 2 is 1.09 bits per heavy atom. The molecule has 0 rings (SSSR count). The Kier molecular flexibility index (Phi) is 16.2. The van der Waals surface area contributed by atoms with Gasteiger partial charge >= 0.3 is 5.97 Å². The molecule has 0 aromatic rings. The van der Waals surface area contributed by atoms with E-state index in [1.165, 1.54) is 38.5 Å². The number of ether oxygens (including phenoxy) is 2. The van der Waals surface area contributed by atoms with Crippen molar-refractivity contribution < 1.29 is 19.1 Å². The second-order valence-corrected chi connectivity index (χ2v) is 10.6. The van der Waals surface area contributed by atoms with Gasteiger partial charge in [0.25, 0.3) is 0 Å². The van der Waals surface area contributed by atoms with Crippen molar-refractivity contribution in [2.24, 2.45) is 5.41 Å². The quantitative estimate of drug-likeness (QED) is 0.137. The molecule has 0 aromatic carbocycles. The van der Waals surface area contributed by atoms with Crippen LogP contribution in [-0.2, 0) is 19.1 Å². The lowest BCUT2D eigenvalue weighted by Gasteiger charge is -2.33. The highest BCUT2D eigenvalue weighted by atomic mass is 16.6. The lowest BCUT2D eigenvalue weighted by molar-refractivity contribution is -0.176. The Bertz CT molecular complexity index is 514. The number of carbonyl (C=O) groups excluding carboxylic acids is 2. The van der Waals surface area contributed by atoms with Crippen LogP contribution in [0.4, 0.5) is 0 Å². The van der Waals surface area contributed by atoms with Gasteiger partial charge in [0.15, 0.2) is 18.0 Å². The van der Waals surface area contributed by atoms with Crippen molar-refractivity contribution in [3.05, 3.63) is 0 Å². The van der Waals surface area contributed by atoms with Crippen molar-refractivity contribution >= 4 is 11.8 Å². The highest BCUT2D eigenvalue weighted by Gasteiger charge is 2.35. The summed E-state index contributed by atoms with van der Waals surface area (Å²) in [5.74, 6) is -0.428. The average Bonchev–Trinajstić information content (AvgIpc) is 2.73. The van der Waals surface area contributed by atoms with Crippen LogP contribution in [0.15, 0.2) is 0 Å². The molecular weight excluding hydrogens is 400 g/mol. The van der Waals surface area contributed by atoms with Gasteiger partial charge in [0.1, 0.15) is 0 Å². The predicted octanol–water partition coefficient (Wildman–Crippen LogP) is 8.20. The third-order valence-corrected chi connectivity index (χ3v) is 6.65. The van der Waals surface area contributed by atoms with Gasteiger partial charge < -0.3 is 9.47 Å². The van der Waals surface area contributed by atoms with Crippen LogP contribution in [0.2, 0.25) is 0 Å². The van der Waals surface area contributed by atoms with Gasteiger partial charge in [-0.1, -0.05) is 105 Å². The predicted molar refractivity (Wildman–Crippen MR) is 135 cm³/mol. The van der Waals surface area contributed by atoms with Crippen LogP contribution < -0.4 is 0 Å². The van der Waals surface area contributed by atoms with E-state index in [4.69, 9.17) is 9.47 Å². The molecule has 0 radical (unpaired) electrons. The second kappa shape index (κ2) is 16.7. The smallest absolute Gasteiger partial charge is 0.335 e. The van der Waals surface area contributed by atoms with Crippen LogP contribution >= 0.6 is 0 Å². The largest absolute Gasteiger partial charge is 0.453 e. The second-order valence-electron chi connectivity index (χ2n) is 10.6. The summed E-state index contributed by atoms with van der Waals surface area (Å²) in [5, 5.41) is 0. The molecule has 0 bridgehead atoms. The maximum Gasteiger partial charge on any atom is 0.335 e. The molecule has 0 spiro atoms. The molecule has 0 amide bonds. The molecule has 0 aliphatic rings. The van der Waals surface area contributed by atoms with Crippen molar-refractivity contribution in [1.82, 2.24) is 0 Å². The summed E-state index contributed by atoms with van der Waals surface area (Å²) in [6.07, 6.45) is 14.0. The minimum absolute atomic E-state index is 0.000165. The van der Waals surface area contributed by atoms with E-state index in [1.807, 2.05) is 13.8 Å². The first-order chi connectivity index (χ1) is 15.0. The van der Waals surface area contributed by atoms with Crippen molar-refractivity contribution in [1.29, 1.82) is 0 Å². The molecule has 0 saturated heterocycles. The number of Topliss-reactive ketones (excluding diaryl/α,β-unsaturated/α-hetero) is 1. The number of ketones is 1. The van der Waals surface area contributed by atoms with Crippen LogP contribution in [0, 0.1) is 5.41 Å². The molecule has 0 heterocycles. The van der Waals surface area contributed by atoms with Gasteiger partial charge in [-0.25, -0.2) is 4.79 Å². The number of esters is 1. The fourth-order valence-corrected chi connectivity index (χ4v) is 4.38. The van der Waals surface area contributed by atoms with Crippen LogP contribution in [0.25, 0.3) is 0 Å². The van der Waals surface area contributed by atoms with Crippen molar-refractivity contribution in [3.63, 3.8) is 0 Å². The summed E-state index contributed by atoms with van der Waals surface area (Å²) in [6, 6.07) is 0. The van der Waals surface area contributed by atoms with E-state index in [2.05, 4.69) is 27.7 Å². The first-order valence-corrected chi connectivity index (χ1v) is 13.5. The summed E-state index contributed by atoms with van der Waals surface area (Å²) in [6.45, 7) is 16.1. The Morgan fingerprint density at radius 1 is 0.656 bits per heavy atom. The minimum atomic E-state index is -0.745. The highest BCUT2D eigenvalue weighted by molar-refractivity contribution is 5.90. The summed E-state index contributed by atoms with van der Waals surface area (Å²) in [7, 11) is 0. The van der Waals surface area contributed by atoms with Crippen LogP contribution in [0.1, 0.15) is 145 Å². The van der Waals surface area contributed by atoms with Gasteiger partial charge in [-0.2, -0.15) is 0 Å². The fraction of sp³-hybridized carbons (Fsp3) is 0.929. The highest BCUT2D eigenvalue weighted by Crippen LogP contribution is 2.30. The summed E-state index contributed by atoms with van der Waals surface area (Å²) >= 11 is 0. The number of hydrogen-bond donors (Lipinski definition) is 0. The van der Waals surface area contributed by atoms with Gasteiger partial charge in [0, 0.05) is 5.41 Å². The van der Waals surface area contributed by atoms with E-state index < -0.39 is 23.6 Å². The Hall–Kier alpha value is -0.900. The standard InChI is InChI=1S/C28H54O4/c1-9-12-15-18-20-27(6,7)25(29)23(4)31-26(30)24(5)32-28(8,21-17-14-11-3)22-19-16-13-10-2/h23-24H,9-22H2,1-8H3. The number of hydrogen-bond acceptors (Lipinski definition) is 4. The zero-order chi connectivity index (χ0) is 24.6. The molecule has 0 aromatic heterocycles. The third kappa shape index (κ3) is 13.0. The normalized spacial score (nSPS) is 15.8. The molecule has 32 heavy (non-hydrogen) atoms. The van der Waals surface area contributed by atoms with Crippen LogP contribution in [0.5, 0.6) is 0 Å². The molecule has 4 heteroatoms. The maximum absolute atomic E-state index is 12.9. The van der Waals surface area contributed by atoms with Gasteiger partial charge in [-0.05, 0) is 40.0 Å². The molecule has 0 fully saturated rings. The first kappa shape index (κ1) is 31.1. The van der Waals surface area contributed by atoms with E-state index in [1.54, 1.807) is 13.8 Å². The molecule has 0 saturated carbocycles. The van der Waals surface area contributed by atoms with Crippen molar-refractivity contribution in [2.45, 2.75) is 163 Å². The van der Waals surface area contributed by atoms with E-state index in [-0.39, 0.29) is 11.4 Å². The lowest BCUT2D eigenvalue weighted by Crippen LogP contribution is -2.41. The van der Waals surface area contributed by atoms with Crippen molar-refractivity contribution in [3.8, 4) is 0 Å². The molecule has 4 nitrogen and oxygen atoms in total. The third-order valence-electron chi connectivity index (χ3n) is 6.65. The number of carbonyl (C=O) groups is 2. The van der Waals surface area contributed by atoms with Crippen LogP contribution in [0.3, 0.4) is 0 Å². The first-order valence-electron chi connectivity index (χ1n) is 13.5. The summed E-state index contributed by atoms with van der Waals surface area (Å²) < 4.78 is 11.9. The molecule has 3 unspecified atom stereocenters. The summed E-state index contributed by atoms with van der Waals surface area (Å²) in [5.41, 5.74) is -0.807. The van der Waals surface area contributed by atoms with E-state index in [0.717, 1.165) is 51.4 Å². The zero-order valence-electron chi connectivity index (χ0n) is 22.7. The van der Waals surface area contributed by atoms with Gasteiger partial charge in [0.05, 0.1) is 5.60 Å². The monoisotopic (exact) mass is 454 g/mol. The van der Waals surface area contributed by atoms with Gasteiger partial charge in [-0.3, -0.25) is 4.79 Å². The Labute approximate surface area is 199 Å². The Morgan fingerprint density at radius 3 is 1.59 bits per heavy atom. The van der Waals surface area contributed by atoms with Crippen LogP contribution in [-0.4, -0.2) is 29.6 Å². The van der Waals surface area contributed by atoms with E-state index in [9.17, 15) is 9.59 Å². The maximum atomic E-state index is 12.9. The SMILES string of the molecule is CCCCCCC(C)(CCCCC)OC(C)C(=O)OC(C)C(=O)C(C)(C)CCCCCC. The van der Waals surface area contributed by atoms with E-state index in [0.29, 0.717) is 0 Å². The zero-order valence-corrected chi connectivity index (χ0v) is 22.7. The molecule has 0 N–H and O–H groups in total. The lowest BCUT2D eigenvalue weighted by atomic mass is 9.80. The minimum Gasteiger partial charge on any atom is -0.453 e. The average molecular weight is 455 g/mol. The summed E-state index contributed by atoms with van der Waals surface area (Å²) in [4.78, 5) is 25.7. The van der Waals surface area contributed by atoms with E-state index >= 15 is 0 Å². The molecule has 190 valence electrons. The van der Waals surface area contributed by atoms with Gasteiger partial charge in [-0.15, -0.1) is 0 Å². The molecule has 0 aliphatic carbocycles. The van der Waals surface area contributed by atoms with Crippen molar-refractivity contribution in [2.75, 3.05) is 0 Å². The topological polar surface area (TPSA) is 52.6 Å². The number of unbranched alkanes of at least 4 members (excludes halogenated alkanes) is 8. The molecule has 0 aliphatic heterocycles.